The maximum atomic E-state index is 15.5. The van der Waals surface area contributed by atoms with Crippen LogP contribution in [0.5, 0.6) is 0 Å². The molecule has 6 rings (SSSR count). The van der Waals surface area contributed by atoms with Gasteiger partial charge in [-0.1, -0.05) is 0 Å². The van der Waals surface area contributed by atoms with Crippen molar-refractivity contribution in [2.75, 3.05) is 36.0 Å². The number of pyridine rings is 1. The highest BCUT2D eigenvalue weighted by molar-refractivity contribution is 5.95. The highest BCUT2D eigenvalue weighted by atomic mass is 19.1. The topological polar surface area (TPSA) is 73.0 Å². The summed E-state index contributed by atoms with van der Waals surface area (Å²) in [7, 11) is 0. The predicted octanol–water partition coefficient (Wildman–Crippen LogP) is 4.36. The zero-order valence-electron chi connectivity index (χ0n) is 20.2. The lowest BCUT2D eigenvalue weighted by Crippen LogP contribution is -2.57. The molecule has 1 fully saturated rings. The second kappa shape index (κ2) is 7.92. The summed E-state index contributed by atoms with van der Waals surface area (Å²) in [6.45, 7) is 10.1. The highest BCUT2D eigenvalue weighted by Crippen LogP contribution is 2.36. The molecule has 2 aliphatic heterocycles. The van der Waals surface area contributed by atoms with Gasteiger partial charge in [0.05, 0.1) is 40.6 Å². The lowest BCUT2D eigenvalue weighted by atomic mass is 10.0. The van der Waals surface area contributed by atoms with Gasteiger partial charge in [0, 0.05) is 54.4 Å². The molecule has 1 saturated heterocycles. The largest absolute Gasteiger partial charge is 0.366 e. The van der Waals surface area contributed by atoms with Gasteiger partial charge in [0.2, 0.25) is 0 Å². The van der Waals surface area contributed by atoms with Crippen LogP contribution in [0.1, 0.15) is 38.1 Å². The van der Waals surface area contributed by atoms with Crippen LogP contribution in [0.4, 0.5) is 15.8 Å². The molecule has 2 aromatic heterocycles. The van der Waals surface area contributed by atoms with E-state index in [1.807, 2.05) is 30.3 Å². The van der Waals surface area contributed by atoms with Gasteiger partial charge in [0.1, 0.15) is 11.9 Å². The number of aromatic nitrogens is 3. The van der Waals surface area contributed by atoms with Gasteiger partial charge in [0.15, 0.2) is 0 Å². The maximum Gasteiger partial charge on any atom is 0.147 e. The molecule has 0 aliphatic carbocycles. The van der Waals surface area contributed by atoms with Gasteiger partial charge < -0.3 is 15.1 Å². The van der Waals surface area contributed by atoms with Crippen LogP contribution < -0.4 is 15.1 Å². The third-order valence-electron chi connectivity index (χ3n) is 7.23. The number of nitrogens with one attached hydrogen (secondary N) is 1. The number of hydrogen-bond acceptors (Lipinski definition) is 6. The fraction of sp³-hybridized carbons (Fsp3) is 0.370. The molecule has 7 nitrogen and oxygen atoms in total. The van der Waals surface area contributed by atoms with Crippen LogP contribution in [0.3, 0.4) is 0 Å². The van der Waals surface area contributed by atoms with E-state index in [0.717, 1.165) is 53.8 Å². The van der Waals surface area contributed by atoms with Crippen molar-refractivity contribution >= 4 is 33.2 Å². The quantitative estimate of drug-likeness (QED) is 0.470. The average Bonchev–Trinajstić information content (AvgIpc) is 3.20. The van der Waals surface area contributed by atoms with Crippen molar-refractivity contribution in [3.63, 3.8) is 0 Å². The molecular formula is C27H28FN7. The predicted molar refractivity (Wildman–Crippen MR) is 136 cm³/mol. The Morgan fingerprint density at radius 3 is 2.80 bits per heavy atom. The van der Waals surface area contributed by atoms with Gasteiger partial charge in [-0.25, -0.2) is 4.39 Å². The Morgan fingerprint density at radius 1 is 1.14 bits per heavy atom. The number of nitrogens with zero attached hydrogens (tertiary/aromatic N) is 6. The molecular weight excluding hydrogens is 441 g/mol. The zero-order chi connectivity index (χ0) is 24.3. The lowest BCUT2D eigenvalue weighted by Gasteiger charge is -2.40. The van der Waals surface area contributed by atoms with Crippen LogP contribution in [-0.2, 0) is 6.54 Å². The van der Waals surface area contributed by atoms with Crippen molar-refractivity contribution in [2.24, 2.45) is 0 Å². The Kier molecular flexibility index (Phi) is 4.94. The standard InChI is InChI=1S/C27H28FN7/c1-17-14-34(23-7-6-18(13-29)26-19(23)5-4-8-30-26)15-25-20-11-21(28)24(12-22(20)32-35(17)25)33-10-9-31-27(2,3)16-33/h4-8,11-12,17,31H,9-10,14-16H2,1-3H3/t17-/m1/s1. The summed E-state index contributed by atoms with van der Waals surface area (Å²) in [6.07, 6.45) is 1.72. The third kappa shape index (κ3) is 3.58. The summed E-state index contributed by atoms with van der Waals surface area (Å²) < 4.78 is 17.5. The Bertz CT molecular complexity index is 1500. The van der Waals surface area contributed by atoms with Crippen LogP contribution >= 0.6 is 0 Å². The van der Waals surface area contributed by atoms with Crippen molar-refractivity contribution in [1.29, 1.82) is 5.26 Å². The fourth-order valence-electron chi connectivity index (χ4n) is 5.62. The minimum Gasteiger partial charge on any atom is -0.366 e. The molecule has 35 heavy (non-hydrogen) atoms. The molecule has 4 heterocycles. The second-order valence-corrected chi connectivity index (χ2v) is 10.3. The molecule has 178 valence electrons. The van der Waals surface area contributed by atoms with E-state index in [1.54, 1.807) is 12.3 Å². The number of fused-ring (bicyclic) bond motifs is 4. The van der Waals surface area contributed by atoms with Crippen molar-refractivity contribution in [3.8, 4) is 6.07 Å². The van der Waals surface area contributed by atoms with Crippen LogP contribution in [0.25, 0.3) is 21.8 Å². The fourth-order valence-corrected chi connectivity index (χ4v) is 5.62. The molecule has 2 aromatic carbocycles. The molecule has 0 radical (unpaired) electrons. The highest BCUT2D eigenvalue weighted by Gasteiger charge is 2.30. The summed E-state index contributed by atoms with van der Waals surface area (Å²) in [5.74, 6) is -0.205. The van der Waals surface area contributed by atoms with Gasteiger partial charge in [-0.15, -0.1) is 0 Å². The molecule has 0 spiro atoms. The Labute approximate surface area is 203 Å². The third-order valence-corrected chi connectivity index (χ3v) is 7.23. The monoisotopic (exact) mass is 469 g/mol. The normalized spacial score (nSPS) is 19.7. The smallest absolute Gasteiger partial charge is 0.147 e. The average molecular weight is 470 g/mol. The van der Waals surface area contributed by atoms with E-state index in [4.69, 9.17) is 5.10 Å². The number of benzene rings is 2. The molecule has 0 bridgehead atoms. The number of hydrogen-bond donors (Lipinski definition) is 1. The van der Waals surface area contributed by atoms with E-state index in [1.165, 1.54) is 0 Å². The van der Waals surface area contributed by atoms with Crippen LogP contribution in [0.2, 0.25) is 0 Å². The second-order valence-electron chi connectivity index (χ2n) is 10.3. The van der Waals surface area contributed by atoms with Crippen molar-refractivity contribution in [2.45, 2.75) is 38.9 Å². The Morgan fingerprint density at radius 2 is 2.00 bits per heavy atom. The number of halogens is 1. The van der Waals surface area contributed by atoms with Crippen molar-refractivity contribution in [3.05, 3.63) is 59.7 Å². The number of anilines is 2. The van der Waals surface area contributed by atoms with Gasteiger partial charge in [-0.2, -0.15) is 10.4 Å². The summed E-state index contributed by atoms with van der Waals surface area (Å²) in [5, 5.41) is 19.7. The van der Waals surface area contributed by atoms with Crippen molar-refractivity contribution in [1.82, 2.24) is 20.1 Å². The molecule has 8 heteroatoms. The first-order chi connectivity index (χ1) is 16.8. The van der Waals surface area contributed by atoms with E-state index in [2.05, 4.69) is 51.6 Å². The summed E-state index contributed by atoms with van der Waals surface area (Å²) in [6, 6.07) is 13.7. The Balaban J connectivity index is 1.41. The first-order valence-electron chi connectivity index (χ1n) is 12.1. The summed E-state index contributed by atoms with van der Waals surface area (Å²) in [4.78, 5) is 8.87. The van der Waals surface area contributed by atoms with E-state index < -0.39 is 0 Å². The summed E-state index contributed by atoms with van der Waals surface area (Å²) >= 11 is 0. The number of rotatable bonds is 2. The number of piperazine rings is 1. The molecule has 0 unspecified atom stereocenters. The maximum absolute atomic E-state index is 15.5. The zero-order valence-corrected chi connectivity index (χ0v) is 20.2. The van der Waals surface area contributed by atoms with Gasteiger partial charge in [-0.05, 0) is 57.2 Å². The molecule has 4 aromatic rings. The van der Waals surface area contributed by atoms with Crippen molar-refractivity contribution < 1.29 is 4.39 Å². The molecule has 0 saturated carbocycles. The van der Waals surface area contributed by atoms with E-state index >= 15 is 4.39 Å². The van der Waals surface area contributed by atoms with Gasteiger partial charge in [0.25, 0.3) is 0 Å². The van der Waals surface area contributed by atoms with E-state index in [0.29, 0.717) is 23.3 Å². The van der Waals surface area contributed by atoms with Gasteiger partial charge >= 0.3 is 0 Å². The summed E-state index contributed by atoms with van der Waals surface area (Å²) in [5.41, 5.74) is 4.69. The molecule has 1 atom stereocenters. The molecule has 1 N–H and O–H groups in total. The SMILES string of the molecule is C[C@@H]1CN(c2ccc(C#N)c3ncccc23)Cc2c3cc(F)c(N4CCNC(C)(C)C4)cc3nn21. The van der Waals surface area contributed by atoms with Gasteiger partial charge in [-0.3, -0.25) is 9.67 Å². The number of nitriles is 1. The van der Waals surface area contributed by atoms with E-state index in [-0.39, 0.29) is 17.4 Å². The van der Waals surface area contributed by atoms with E-state index in [9.17, 15) is 5.26 Å². The Hall–Kier alpha value is -3.70. The van der Waals surface area contributed by atoms with Crippen LogP contribution in [-0.4, -0.2) is 46.5 Å². The molecule has 0 amide bonds. The first-order valence-corrected chi connectivity index (χ1v) is 12.1. The minimum atomic E-state index is -0.205. The first kappa shape index (κ1) is 21.8. The lowest BCUT2D eigenvalue weighted by molar-refractivity contribution is 0.351. The minimum absolute atomic E-state index is 0.0686. The van der Waals surface area contributed by atoms with Crippen LogP contribution in [0, 0.1) is 17.1 Å². The van der Waals surface area contributed by atoms with Crippen LogP contribution in [0.15, 0.2) is 42.6 Å². The molecule has 2 aliphatic rings.